The first-order valence-corrected chi connectivity index (χ1v) is 9.33. The third kappa shape index (κ3) is 3.60. The Labute approximate surface area is 162 Å². The molecule has 4 amide bonds. The van der Waals surface area contributed by atoms with Gasteiger partial charge in [-0.25, -0.2) is 4.79 Å². The van der Waals surface area contributed by atoms with E-state index in [2.05, 4.69) is 0 Å². The van der Waals surface area contributed by atoms with Gasteiger partial charge in [0.1, 0.15) is 0 Å². The Morgan fingerprint density at radius 3 is 1.29 bits per heavy atom. The number of hydrogen-bond acceptors (Lipinski definition) is 5. The Morgan fingerprint density at radius 2 is 0.964 bits per heavy atom. The highest BCUT2D eigenvalue weighted by atomic mass is 16.3. The highest BCUT2D eigenvalue weighted by molar-refractivity contribution is 5.92. The van der Waals surface area contributed by atoms with Crippen LogP contribution in [-0.4, -0.2) is 89.8 Å². The summed E-state index contributed by atoms with van der Waals surface area (Å²) in [5, 5.41) is 0. The van der Waals surface area contributed by atoms with Crippen LogP contribution >= 0.6 is 0 Å². The highest BCUT2D eigenvalue weighted by Gasteiger charge is 2.31. The Bertz CT molecular complexity index is 748. The molecular formula is C19H22N4O5. The monoisotopic (exact) mass is 386 g/mol. The maximum atomic E-state index is 12.8. The lowest BCUT2D eigenvalue weighted by atomic mass is 10.2. The van der Waals surface area contributed by atoms with E-state index in [1.54, 1.807) is 43.9 Å². The lowest BCUT2D eigenvalue weighted by Crippen LogP contribution is -2.58. The summed E-state index contributed by atoms with van der Waals surface area (Å²) in [7, 11) is 0. The number of rotatable bonds is 2. The van der Waals surface area contributed by atoms with Gasteiger partial charge in [-0.1, -0.05) is 0 Å². The lowest BCUT2D eigenvalue weighted by Gasteiger charge is -2.40. The average Bonchev–Trinajstić information content (AvgIpc) is 3.47. The summed E-state index contributed by atoms with van der Waals surface area (Å²) in [6, 6.07) is 6.61. The zero-order valence-corrected chi connectivity index (χ0v) is 15.5. The van der Waals surface area contributed by atoms with Crippen LogP contribution in [0, 0.1) is 0 Å². The van der Waals surface area contributed by atoms with Crippen LogP contribution in [0.15, 0.2) is 45.6 Å². The van der Waals surface area contributed by atoms with Crippen molar-refractivity contribution < 1.29 is 23.2 Å². The molecule has 28 heavy (non-hydrogen) atoms. The molecule has 9 nitrogen and oxygen atoms in total. The molecule has 2 aliphatic rings. The number of amides is 4. The van der Waals surface area contributed by atoms with Gasteiger partial charge in [0.25, 0.3) is 11.8 Å². The lowest BCUT2D eigenvalue weighted by molar-refractivity contribution is 0.0541. The van der Waals surface area contributed by atoms with Crippen LogP contribution in [0.25, 0.3) is 0 Å². The minimum Gasteiger partial charge on any atom is -0.459 e. The molecule has 148 valence electrons. The van der Waals surface area contributed by atoms with Crippen LogP contribution < -0.4 is 0 Å². The normalized spacial score (nSPS) is 17.7. The van der Waals surface area contributed by atoms with Crippen molar-refractivity contribution in [1.82, 2.24) is 19.6 Å². The third-order valence-corrected chi connectivity index (χ3v) is 5.14. The summed E-state index contributed by atoms with van der Waals surface area (Å²) in [4.78, 5) is 44.3. The van der Waals surface area contributed by atoms with Gasteiger partial charge in [-0.05, 0) is 24.3 Å². The van der Waals surface area contributed by atoms with E-state index in [4.69, 9.17) is 8.83 Å². The fourth-order valence-electron chi connectivity index (χ4n) is 3.51. The molecule has 0 saturated carbocycles. The van der Waals surface area contributed by atoms with Crippen LogP contribution in [-0.2, 0) is 0 Å². The minimum atomic E-state index is -0.151. The fraction of sp³-hybridized carbons (Fsp3) is 0.421. The Hall–Kier alpha value is -3.23. The van der Waals surface area contributed by atoms with Crippen LogP contribution in [0.1, 0.15) is 21.1 Å². The Kier molecular flexibility index (Phi) is 5.05. The fourth-order valence-corrected chi connectivity index (χ4v) is 3.51. The number of urea groups is 1. The van der Waals surface area contributed by atoms with E-state index >= 15 is 0 Å². The number of furan rings is 2. The van der Waals surface area contributed by atoms with Gasteiger partial charge in [0.15, 0.2) is 11.5 Å². The van der Waals surface area contributed by atoms with Gasteiger partial charge in [0, 0.05) is 52.4 Å². The maximum absolute atomic E-state index is 12.8. The number of hydrogen-bond donors (Lipinski definition) is 0. The van der Waals surface area contributed by atoms with Gasteiger partial charge in [0.05, 0.1) is 12.5 Å². The average molecular weight is 386 g/mol. The van der Waals surface area contributed by atoms with Crippen LogP contribution in [0.2, 0.25) is 0 Å². The zero-order valence-electron chi connectivity index (χ0n) is 15.5. The zero-order chi connectivity index (χ0) is 19.5. The van der Waals surface area contributed by atoms with E-state index in [0.717, 1.165) is 0 Å². The van der Waals surface area contributed by atoms with Crippen LogP contribution in [0.5, 0.6) is 0 Å². The van der Waals surface area contributed by atoms with E-state index in [0.29, 0.717) is 63.9 Å². The SMILES string of the molecule is O=C(c1ccco1)N1CCN(C(=O)N2CCN(C(=O)c3ccco3)CC2)CC1. The standard InChI is InChI=1S/C19H22N4O5/c24-17(15-3-1-13-27-15)20-5-9-22(10-6-20)19(26)23-11-7-21(8-12-23)18(25)16-4-2-14-28-16/h1-4,13-14H,5-12H2. The van der Waals surface area contributed by atoms with Gasteiger partial charge >= 0.3 is 6.03 Å². The van der Waals surface area contributed by atoms with Crippen molar-refractivity contribution >= 4 is 17.8 Å². The van der Waals surface area contributed by atoms with E-state index in [9.17, 15) is 14.4 Å². The molecule has 2 aliphatic heterocycles. The summed E-state index contributed by atoms with van der Waals surface area (Å²) in [6.07, 6.45) is 2.95. The number of carbonyl (C=O) groups is 3. The van der Waals surface area contributed by atoms with Gasteiger partial charge in [-0.3, -0.25) is 9.59 Å². The summed E-state index contributed by atoms with van der Waals surface area (Å²) in [5.41, 5.74) is 0. The van der Waals surface area contributed by atoms with Crippen molar-refractivity contribution in [1.29, 1.82) is 0 Å². The van der Waals surface area contributed by atoms with Crippen molar-refractivity contribution in [2.75, 3.05) is 52.4 Å². The third-order valence-electron chi connectivity index (χ3n) is 5.14. The molecule has 0 N–H and O–H groups in total. The quantitative estimate of drug-likeness (QED) is 0.774. The molecule has 2 aromatic rings. The van der Waals surface area contributed by atoms with Crippen molar-refractivity contribution in [3.05, 3.63) is 48.3 Å². The molecule has 0 bridgehead atoms. The molecule has 0 radical (unpaired) electrons. The molecule has 4 heterocycles. The molecule has 0 atom stereocenters. The molecule has 0 unspecified atom stereocenters. The second kappa shape index (κ2) is 7.79. The molecule has 0 aromatic carbocycles. The Balaban J connectivity index is 1.26. The predicted octanol–water partition coefficient (Wildman–Crippen LogP) is 1.21. The molecule has 0 spiro atoms. The molecular weight excluding hydrogens is 364 g/mol. The summed E-state index contributed by atoms with van der Waals surface area (Å²) in [6.45, 7) is 3.83. The first kappa shape index (κ1) is 18.1. The predicted molar refractivity (Wildman–Crippen MR) is 97.8 cm³/mol. The summed E-state index contributed by atoms with van der Waals surface area (Å²) in [5.74, 6) is 0.332. The molecule has 2 aromatic heterocycles. The number of carbonyl (C=O) groups excluding carboxylic acids is 3. The number of piperazine rings is 2. The number of nitrogens with zero attached hydrogens (tertiary/aromatic N) is 4. The first-order valence-electron chi connectivity index (χ1n) is 9.33. The van der Waals surface area contributed by atoms with E-state index in [1.807, 2.05) is 0 Å². The molecule has 2 saturated heterocycles. The van der Waals surface area contributed by atoms with Crippen molar-refractivity contribution in [2.24, 2.45) is 0 Å². The Morgan fingerprint density at radius 1 is 0.607 bits per heavy atom. The summed E-state index contributed by atoms with van der Waals surface area (Å²) >= 11 is 0. The van der Waals surface area contributed by atoms with E-state index in [1.165, 1.54) is 12.5 Å². The maximum Gasteiger partial charge on any atom is 0.320 e. The van der Waals surface area contributed by atoms with Crippen LogP contribution in [0.4, 0.5) is 4.79 Å². The van der Waals surface area contributed by atoms with E-state index in [-0.39, 0.29) is 17.8 Å². The second-order valence-corrected chi connectivity index (χ2v) is 6.80. The van der Waals surface area contributed by atoms with Gasteiger partial charge in [-0.15, -0.1) is 0 Å². The second-order valence-electron chi connectivity index (χ2n) is 6.80. The summed E-state index contributed by atoms with van der Waals surface area (Å²) < 4.78 is 10.3. The van der Waals surface area contributed by atoms with Crippen molar-refractivity contribution in [3.63, 3.8) is 0 Å². The van der Waals surface area contributed by atoms with Crippen molar-refractivity contribution in [2.45, 2.75) is 0 Å². The van der Waals surface area contributed by atoms with Gasteiger partial charge in [0.2, 0.25) is 0 Å². The van der Waals surface area contributed by atoms with Gasteiger partial charge < -0.3 is 28.4 Å². The smallest absolute Gasteiger partial charge is 0.320 e. The molecule has 0 aliphatic carbocycles. The van der Waals surface area contributed by atoms with Crippen molar-refractivity contribution in [3.8, 4) is 0 Å². The molecule has 2 fully saturated rings. The molecule has 4 rings (SSSR count). The van der Waals surface area contributed by atoms with Crippen LogP contribution in [0.3, 0.4) is 0 Å². The minimum absolute atomic E-state index is 0.0461. The topological polar surface area (TPSA) is 90.5 Å². The highest BCUT2D eigenvalue weighted by Crippen LogP contribution is 2.14. The largest absolute Gasteiger partial charge is 0.459 e. The first-order chi connectivity index (χ1) is 13.6. The van der Waals surface area contributed by atoms with E-state index < -0.39 is 0 Å². The molecule has 9 heteroatoms. The van der Waals surface area contributed by atoms with Gasteiger partial charge in [-0.2, -0.15) is 0 Å².